The van der Waals surface area contributed by atoms with Crippen LogP contribution in [0.25, 0.3) is 6.08 Å². The molecule has 1 aromatic carbocycles. The lowest BCUT2D eigenvalue weighted by atomic mass is 10.1. The van der Waals surface area contributed by atoms with E-state index in [0.29, 0.717) is 12.1 Å². The first-order chi connectivity index (χ1) is 8.63. The van der Waals surface area contributed by atoms with Crippen LogP contribution in [-0.2, 0) is 9.53 Å². The topological polar surface area (TPSA) is 55.4 Å². The van der Waals surface area contributed by atoms with E-state index in [4.69, 9.17) is 0 Å². The van der Waals surface area contributed by atoms with Crippen molar-refractivity contribution in [1.82, 2.24) is 5.32 Å². The van der Waals surface area contributed by atoms with Gasteiger partial charge < -0.3 is 10.1 Å². The molecule has 0 spiro atoms. The van der Waals surface area contributed by atoms with Crippen molar-refractivity contribution in [2.75, 3.05) is 13.7 Å². The number of hydrogen-bond acceptors (Lipinski definition) is 3. The number of amides is 1. The van der Waals surface area contributed by atoms with Gasteiger partial charge in [0.2, 0.25) is 5.91 Å². The molecular weight excluding hydrogens is 230 g/mol. The van der Waals surface area contributed by atoms with E-state index < -0.39 is 0 Å². The van der Waals surface area contributed by atoms with Gasteiger partial charge >= 0.3 is 5.97 Å². The highest BCUT2D eigenvalue weighted by molar-refractivity contribution is 5.89. The molecule has 0 bridgehead atoms. The van der Waals surface area contributed by atoms with Gasteiger partial charge in [-0.2, -0.15) is 0 Å². The second-order valence-electron chi connectivity index (χ2n) is 3.79. The fourth-order valence-electron chi connectivity index (χ4n) is 1.40. The molecular formula is C14H17NO3. The summed E-state index contributed by atoms with van der Waals surface area (Å²) in [6.07, 6.45) is 4.70. The Balaban J connectivity index is 2.45. The van der Waals surface area contributed by atoms with E-state index in [9.17, 15) is 9.59 Å². The number of rotatable bonds is 5. The Hall–Kier alpha value is -2.10. The molecule has 0 aliphatic heterocycles. The molecule has 18 heavy (non-hydrogen) atoms. The summed E-state index contributed by atoms with van der Waals surface area (Å²) in [6, 6.07) is 7.14. The minimum absolute atomic E-state index is 0.0224. The average Bonchev–Trinajstić information content (AvgIpc) is 2.38. The third-order valence-electron chi connectivity index (χ3n) is 2.33. The van der Waals surface area contributed by atoms with Crippen LogP contribution in [0.5, 0.6) is 0 Å². The summed E-state index contributed by atoms with van der Waals surface area (Å²) < 4.78 is 4.61. The molecule has 0 saturated carbocycles. The number of methoxy groups -OCH3 is 1. The Morgan fingerprint density at radius 2 is 1.94 bits per heavy atom. The largest absolute Gasteiger partial charge is 0.465 e. The van der Waals surface area contributed by atoms with E-state index in [0.717, 1.165) is 12.0 Å². The highest BCUT2D eigenvalue weighted by atomic mass is 16.5. The average molecular weight is 247 g/mol. The van der Waals surface area contributed by atoms with Gasteiger partial charge in [0, 0.05) is 13.5 Å². The van der Waals surface area contributed by atoms with Gasteiger partial charge in [-0.15, -0.1) is 0 Å². The van der Waals surface area contributed by atoms with Crippen LogP contribution in [0.4, 0.5) is 0 Å². The van der Waals surface area contributed by atoms with Gasteiger partial charge in [-0.25, -0.2) is 4.79 Å². The molecule has 0 saturated heterocycles. The number of carbonyl (C=O) groups excluding carboxylic acids is 2. The molecule has 1 amide bonds. The minimum Gasteiger partial charge on any atom is -0.465 e. The van der Waals surface area contributed by atoms with Gasteiger partial charge in [0.05, 0.1) is 12.7 Å². The standard InChI is InChI=1S/C14H17NO3/c1-11(16)15-10-4-3-5-12-6-8-13(9-7-12)14(17)18-2/h3,5-9H,4,10H2,1-2H3,(H,15,16). The minimum atomic E-state index is -0.337. The summed E-state index contributed by atoms with van der Waals surface area (Å²) in [7, 11) is 1.36. The number of esters is 1. The number of nitrogens with one attached hydrogen (secondary N) is 1. The predicted molar refractivity (Wildman–Crippen MR) is 70.1 cm³/mol. The fraction of sp³-hybridized carbons (Fsp3) is 0.286. The molecule has 0 atom stereocenters. The van der Waals surface area contributed by atoms with E-state index >= 15 is 0 Å². The van der Waals surface area contributed by atoms with E-state index in [-0.39, 0.29) is 11.9 Å². The molecule has 1 rings (SSSR count). The van der Waals surface area contributed by atoms with Gasteiger partial charge in [-0.3, -0.25) is 4.79 Å². The van der Waals surface area contributed by atoms with Crippen LogP contribution in [0.2, 0.25) is 0 Å². The second kappa shape index (κ2) is 7.27. The lowest BCUT2D eigenvalue weighted by molar-refractivity contribution is -0.118. The summed E-state index contributed by atoms with van der Waals surface area (Å²) >= 11 is 0. The van der Waals surface area contributed by atoms with E-state index in [2.05, 4.69) is 10.1 Å². The molecule has 4 heteroatoms. The van der Waals surface area contributed by atoms with Crippen LogP contribution >= 0.6 is 0 Å². The predicted octanol–water partition coefficient (Wildman–Crippen LogP) is 2.01. The van der Waals surface area contributed by atoms with Crippen molar-refractivity contribution in [3.05, 3.63) is 41.5 Å². The van der Waals surface area contributed by atoms with Crippen LogP contribution in [0.15, 0.2) is 30.3 Å². The van der Waals surface area contributed by atoms with Crippen molar-refractivity contribution >= 4 is 18.0 Å². The zero-order chi connectivity index (χ0) is 13.4. The molecule has 0 aromatic heterocycles. The van der Waals surface area contributed by atoms with Crippen LogP contribution in [0.3, 0.4) is 0 Å². The third kappa shape index (κ3) is 4.82. The normalized spacial score (nSPS) is 10.3. The van der Waals surface area contributed by atoms with Crippen molar-refractivity contribution < 1.29 is 14.3 Å². The first kappa shape index (κ1) is 14.0. The number of hydrogen-bond donors (Lipinski definition) is 1. The van der Waals surface area contributed by atoms with Gasteiger partial charge in [0.1, 0.15) is 0 Å². The van der Waals surface area contributed by atoms with Gasteiger partial charge in [-0.1, -0.05) is 24.3 Å². The molecule has 0 heterocycles. The molecule has 4 nitrogen and oxygen atoms in total. The highest BCUT2D eigenvalue weighted by Crippen LogP contribution is 2.07. The van der Waals surface area contributed by atoms with Crippen molar-refractivity contribution in [1.29, 1.82) is 0 Å². The Morgan fingerprint density at radius 3 is 2.50 bits per heavy atom. The molecule has 0 radical (unpaired) electrons. The summed E-state index contributed by atoms with van der Waals surface area (Å²) in [5, 5.41) is 2.71. The van der Waals surface area contributed by atoms with Crippen molar-refractivity contribution in [3.63, 3.8) is 0 Å². The molecule has 1 N–H and O–H groups in total. The van der Waals surface area contributed by atoms with E-state index in [1.165, 1.54) is 14.0 Å². The third-order valence-corrected chi connectivity index (χ3v) is 2.33. The lowest BCUT2D eigenvalue weighted by Crippen LogP contribution is -2.20. The van der Waals surface area contributed by atoms with Crippen molar-refractivity contribution in [3.8, 4) is 0 Å². The number of carbonyl (C=O) groups is 2. The van der Waals surface area contributed by atoms with Crippen molar-refractivity contribution in [2.24, 2.45) is 0 Å². The lowest BCUT2D eigenvalue weighted by Gasteiger charge is -1.99. The monoisotopic (exact) mass is 247 g/mol. The van der Waals surface area contributed by atoms with Gasteiger partial charge in [-0.05, 0) is 24.1 Å². The van der Waals surface area contributed by atoms with Crippen LogP contribution in [0.1, 0.15) is 29.3 Å². The first-order valence-electron chi connectivity index (χ1n) is 5.73. The van der Waals surface area contributed by atoms with Crippen LogP contribution in [-0.4, -0.2) is 25.5 Å². The fourth-order valence-corrected chi connectivity index (χ4v) is 1.40. The Labute approximate surface area is 107 Å². The zero-order valence-electron chi connectivity index (χ0n) is 10.6. The molecule has 96 valence electrons. The Bertz CT molecular complexity index is 435. The maximum Gasteiger partial charge on any atom is 0.337 e. The summed E-state index contributed by atoms with van der Waals surface area (Å²) in [5.41, 5.74) is 1.54. The highest BCUT2D eigenvalue weighted by Gasteiger charge is 2.02. The zero-order valence-corrected chi connectivity index (χ0v) is 10.6. The smallest absolute Gasteiger partial charge is 0.337 e. The maximum absolute atomic E-state index is 11.2. The molecule has 1 aromatic rings. The number of benzene rings is 1. The summed E-state index contributed by atoms with van der Waals surface area (Å²) in [4.78, 5) is 21.8. The number of ether oxygens (including phenoxy) is 1. The summed E-state index contributed by atoms with van der Waals surface area (Å²) in [5.74, 6) is -0.359. The van der Waals surface area contributed by atoms with E-state index in [1.807, 2.05) is 24.3 Å². The van der Waals surface area contributed by atoms with Gasteiger partial charge in [0.25, 0.3) is 0 Å². The van der Waals surface area contributed by atoms with Gasteiger partial charge in [0.15, 0.2) is 0 Å². The second-order valence-corrected chi connectivity index (χ2v) is 3.79. The molecule has 0 aliphatic carbocycles. The Kier molecular flexibility index (Phi) is 5.64. The quantitative estimate of drug-likeness (QED) is 0.639. The summed E-state index contributed by atoms with van der Waals surface area (Å²) in [6.45, 7) is 2.13. The molecule has 0 unspecified atom stereocenters. The SMILES string of the molecule is COC(=O)c1ccc(C=CCCNC(C)=O)cc1. The van der Waals surface area contributed by atoms with Crippen molar-refractivity contribution in [2.45, 2.75) is 13.3 Å². The molecule has 0 aliphatic rings. The van der Waals surface area contributed by atoms with Crippen LogP contribution < -0.4 is 5.32 Å². The molecule has 0 fully saturated rings. The maximum atomic E-state index is 11.2. The van der Waals surface area contributed by atoms with E-state index in [1.54, 1.807) is 12.1 Å². The van der Waals surface area contributed by atoms with Crippen LogP contribution in [0, 0.1) is 0 Å². The first-order valence-corrected chi connectivity index (χ1v) is 5.73. The Morgan fingerprint density at radius 1 is 1.28 bits per heavy atom.